The van der Waals surface area contributed by atoms with Gasteiger partial charge in [-0.05, 0) is 53.1 Å². The minimum atomic E-state index is 0.170. The van der Waals surface area contributed by atoms with Crippen molar-refractivity contribution in [2.24, 2.45) is 0 Å². The van der Waals surface area contributed by atoms with Crippen LogP contribution in [0.2, 0.25) is 0 Å². The highest BCUT2D eigenvalue weighted by molar-refractivity contribution is 5.84. The summed E-state index contributed by atoms with van der Waals surface area (Å²) in [4.78, 5) is 4.98. The summed E-state index contributed by atoms with van der Waals surface area (Å²) in [5.74, 6) is 0. The van der Waals surface area contributed by atoms with Crippen molar-refractivity contribution in [3.8, 4) is 11.3 Å². The highest BCUT2D eigenvalue weighted by Crippen LogP contribution is 2.36. The van der Waals surface area contributed by atoms with Crippen LogP contribution in [0.3, 0.4) is 0 Å². The third-order valence-corrected chi connectivity index (χ3v) is 4.70. The Balaban J connectivity index is 1.97. The number of aryl methyl sites for hydroxylation is 2. The lowest BCUT2D eigenvalue weighted by Crippen LogP contribution is -2.13. The van der Waals surface area contributed by atoms with Gasteiger partial charge in [0.25, 0.3) is 0 Å². The maximum Gasteiger partial charge on any atom is 0.0744 e. The molecule has 110 valence electrons. The molecule has 0 amide bonds. The van der Waals surface area contributed by atoms with E-state index in [1.807, 2.05) is 0 Å². The number of nitrogens with zero attached hydrogens (tertiary/aromatic N) is 1. The minimum Gasteiger partial charge on any atom is -0.247 e. The summed E-state index contributed by atoms with van der Waals surface area (Å²) < 4.78 is 0. The molecule has 0 radical (unpaired) electrons. The van der Waals surface area contributed by atoms with Crippen LogP contribution < -0.4 is 0 Å². The molecule has 0 saturated heterocycles. The van der Waals surface area contributed by atoms with E-state index < -0.39 is 0 Å². The summed E-state index contributed by atoms with van der Waals surface area (Å²) >= 11 is 0. The highest BCUT2D eigenvalue weighted by Gasteiger charge is 2.21. The maximum absolute atomic E-state index is 4.98. The van der Waals surface area contributed by atoms with E-state index in [-0.39, 0.29) is 5.41 Å². The second-order valence-corrected chi connectivity index (χ2v) is 7.31. The fraction of sp³-hybridized carbons (Fsp3) is 0.286. The minimum absolute atomic E-state index is 0.170. The van der Waals surface area contributed by atoms with Crippen molar-refractivity contribution in [2.75, 3.05) is 0 Å². The van der Waals surface area contributed by atoms with Crippen LogP contribution in [0.25, 0.3) is 22.2 Å². The lowest BCUT2D eigenvalue weighted by molar-refractivity contribution is 0.590. The monoisotopic (exact) mass is 287 g/mol. The Labute approximate surface area is 132 Å². The van der Waals surface area contributed by atoms with Crippen LogP contribution in [0.5, 0.6) is 0 Å². The molecule has 4 rings (SSSR count). The fourth-order valence-corrected chi connectivity index (χ4v) is 3.33. The van der Waals surface area contributed by atoms with Crippen LogP contribution in [-0.4, -0.2) is 4.98 Å². The molecule has 3 aromatic rings. The van der Waals surface area contributed by atoms with Crippen molar-refractivity contribution in [2.45, 2.75) is 39.0 Å². The standard InChI is InChI=1S/C21H21N/c1-21(2,3)17-11-10-14-8-9-16-12-15-6-4-5-7-19(15)22-20(16)18(14)13-17/h4-7,10-13H,8-9H2,1-3H3. The van der Waals surface area contributed by atoms with Crippen LogP contribution in [0.15, 0.2) is 48.5 Å². The Bertz CT molecular complexity index is 869. The topological polar surface area (TPSA) is 12.9 Å². The zero-order valence-corrected chi connectivity index (χ0v) is 13.5. The Morgan fingerprint density at radius 3 is 2.45 bits per heavy atom. The number of rotatable bonds is 0. The Morgan fingerprint density at radius 2 is 1.64 bits per heavy atom. The molecule has 0 bridgehead atoms. The molecular formula is C21H21N. The van der Waals surface area contributed by atoms with Crippen molar-refractivity contribution in [3.05, 3.63) is 65.2 Å². The normalized spacial score (nSPS) is 13.8. The predicted molar refractivity (Wildman–Crippen MR) is 93.3 cm³/mol. The van der Waals surface area contributed by atoms with Gasteiger partial charge in [0, 0.05) is 10.9 Å². The zero-order valence-electron chi connectivity index (χ0n) is 13.5. The first-order valence-corrected chi connectivity index (χ1v) is 8.05. The van der Waals surface area contributed by atoms with E-state index in [9.17, 15) is 0 Å². The molecule has 1 aromatic heterocycles. The molecule has 1 nitrogen and oxygen atoms in total. The number of hydrogen-bond acceptors (Lipinski definition) is 1. The first-order chi connectivity index (χ1) is 10.5. The van der Waals surface area contributed by atoms with Crippen molar-refractivity contribution < 1.29 is 0 Å². The fourth-order valence-electron chi connectivity index (χ4n) is 3.33. The van der Waals surface area contributed by atoms with Gasteiger partial charge in [0.05, 0.1) is 11.2 Å². The van der Waals surface area contributed by atoms with Gasteiger partial charge in [-0.2, -0.15) is 0 Å². The van der Waals surface area contributed by atoms with Crippen molar-refractivity contribution >= 4 is 10.9 Å². The van der Waals surface area contributed by atoms with Crippen molar-refractivity contribution in [1.29, 1.82) is 0 Å². The predicted octanol–water partition coefficient (Wildman–Crippen LogP) is 5.30. The van der Waals surface area contributed by atoms with E-state index >= 15 is 0 Å². The molecule has 0 atom stereocenters. The van der Waals surface area contributed by atoms with E-state index in [1.165, 1.54) is 33.3 Å². The second kappa shape index (κ2) is 4.67. The van der Waals surface area contributed by atoms with Crippen LogP contribution in [0.1, 0.15) is 37.5 Å². The molecule has 0 saturated carbocycles. The highest BCUT2D eigenvalue weighted by atomic mass is 14.7. The van der Waals surface area contributed by atoms with E-state index in [0.29, 0.717) is 0 Å². The third kappa shape index (κ3) is 2.12. The maximum atomic E-state index is 4.98. The molecule has 0 unspecified atom stereocenters. The molecule has 2 aromatic carbocycles. The van der Waals surface area contributed by atoms with Gasteiger partial charge in [0.1, 0.15) is 0 Å². The first-order valence-electron chi connectivity index (χ1n) is 8.05. The molecule has 1 aliphatic carbocycles. The molecule has 0 spiro atoms. The van der Waals surface area contributed by atoms with Gasteiger partial charge in [0.2, 0.25) is 0 Å². The van der Waals surface area contributed by atoms with Crippen LogP contribution >= 0.6 is 0 Å². The third-order valence-electron chi connectivity index (χ3n) is 4.70. The largest absolute Gasteiger partial charge is 0.247 e. The van der Waals surface area contributed by atoms with Gasteiger partial charge in [0.15, 0.2) is 0 Å². The number of aromatic nitrogens is 1. The summed E-state index contributed by atoms with van der Waals surface area (Å²) in [6, 6.07) is 17.7. The molecule has 1 heterocycles. The lowest BCUT2D eigenvalue weighted by Gasteiger charge is -2.24. The molecule has 0 fully saturated rings. The Kier molecular flexibility index (Phi) is 2.87. The number of para-hydroxylation sites is 1. The van der Waals surface area contributed by atoms with Gasteiger partial charge in [-0.1, -0.05) is 51.1 Å². The van der Waals surface area contributed by atoms with Crippen molar-refractivity contribution in [1.82, 2.24) is 4.98 Å². The number of benzene rings is 2. The van der Waals surface area contributed by atoms with Crippen LogP contribution in [0.4, 0.5) is 0 Å². The summed E-state index contributed by atoms with van der Waals surface area (Å²) in [5, 5.41) is 1.25. The number of fused-ring (bicyclic) bond motifs is 4. The smallest absolute Gasteiger partial charge is 0.0744 e. The van der Waals surface area contributed by atoms with Gasteiger partial charge < -0.3 is 0 Å². The molecule has 1 aliphatic rings. The van der Waals surface area contributed by atoms with Crippen LogP contribution in [-0.2, 0) is 18.3 Å². The van der Waals surface area contributed by atoms with Crippen molar-refractivity contribution in [3.63, 3.8) is 0 Å². The summed E-state index contributed by atoms with van der Waals surface area (Å²) in [5.41, 5.74) is 7.99. The molecule has 1 heteroatoms. The van der Waals surface area contributed by atoms with E-state index in [0.717, 1.165) is 18.4 Å². The van der Waals surface area contributed by atoms with Gasteiger partial charge in [-0.25, -0.2) is 4.98 Å². The number of pyridine rings is 1. The van der Waals surface area contributed by atoms with E-state index in [1.54, 1.807) is 0 Å². The molecule has 0 aliphatic heterocycles. The summed E-state index contributed by atoms with van der Waals surface area (Å²) in [6.45, 7) is 6.81. The molecule has 0 N–H and O–H groups in total. The van der Waals surface area contributed by atoms with E-state index in [4.69, 9.17) is 4.98 Å². The SMILES string of the molecule is CC(C)(C)c1ccc2c(c1)-c1nc3ccccc3cc1CC2. The van der Waals surface area contributed by atoms with Gasteiger partial charge in [-0.3, -0.25) is 0 Å². The Morgan fingerprint density at radius 1 is 0.864 bits per heavy atom. The quantitative estimate of drug-likeness (QED) is 0.547. The van der Waals surface area contributed by atoms with Gasteiger partial charge in [-0.15, -0.1) is 0 Å². The molecular weight excluding hydrogens is 266 g/mol. The van der Waals surface area contributed by atoms with E-state index in [2.05, 4.69) is 69.3 Å². The molecule has 22 heavy (non-hydrogen) atoms. The zero-order chi connectivity index (χ0) is 15.3. The first kappa shape index (κ1) is 13.5. The van der Waals surface area contributed by atoms with Gasteiger partial charge >= 0.3 is 0 Å². The Hall–Kier alpha value is -2.15. The average Bonchev–Trinajstić information content (AvgIpc) is 2.51. The number of hydrogen-bond donors (Lipinski definition) is 0. The second-order valence-electron chi connectivity index (χ2n) is 7.31. The summed E-state index contributed by atoms with van der Waals surface area (Å²) in [7, 11) is 0. The average molecular weight is 287 g/mol. The lowest BCUT2D eigenvalue weighted by atomic mass is 9.81. The van der Waals surface area contributed by atoms with Crippen LogP contribution in [0, 0.1) is 0 Å². The summed E-state index contributed by atoms with van der Waals surface area (Å²) in [6.07, 6.45) is 2.21.